The fraction of sp³-hybridized carbons (Fsp3) is 0.864. The Morgan fingerprint density at radius 1 is 1.08 bits per heavy atom. The van der Waals surface area contributed by atoms with Gasteiger partial charge in [-0.1, -0.05) is 19.9 Å². The minimum absolute atomic E-state index is 0.135. The summed E-state index contributed by atoms with van der Waals surface area (Å²) in [6.07, 6.45) is 11.6. The lowest BCUT2D eigenvalue weighted by atomic mass is 9.44. The largest absolute Gasteiger partial charge is 0.390 e. The average molecular weight is 331 g/mol. The molecule has 0 radical (unpaired) electrons. The number of Topliss-reactive ketones (excluding diaryl/α,β-unsaturated/α-hetero) is 1. The Bertz CT molecular complexity index is 589. The lowest BCUT2D eigenvalue weighted by Gasteiger charge is -2.61. The fourth-order valence-corrected chi connectivity index (χ4v) is 7.54. The second-order valence-electron chi connectivity index (χ2n) is 10.2. The molecule has 0 spiro atoms. The van der Waals surface area contributed by atoms with Crippen molar-refractivity contribution in [3.05, 3.63) is 11.6 Å². The van der Waals surface area contributed by atoms with E-state index in [2.05, 4.69) is 19.9 Å². The van der Waals surface area contributed by atoms with Gasteiger partial charge in [0.1, 0.15) is 0 Å². The number of allylic oxidation sites excluding steroid dienone is 2. The summed E-state index contributed by atoms with van der Waals surface area (Å²) in [4.78, 5) is 12.1. The van der Waals surface area contributed by atoms with Gasteiger partial charge in [-0.2, -0.15) is 0 Å². The molecule has 4 aliphatic rings. The van der Waals surface area contributed by atoms with Gasteiger partial charge in [0.15, 0.2) is 5.78 Å². The Morgan fingerprint density at radius 2 is 1.83 bits per heavy atom. The van der Waals surface area contributed by atoms with E-state index in [-0.39, 0.29) is 5.41 Å². The molecular formula is C22H34O2. The van der Waals surface area contributed by atoms with Crippen LogP contribution in [0.4, 0.5) is 0 Å². The van der Waals surface area contributed by atoms with Crippen LogP contribution in [0, 0.1) is 34.5 Å². The Kier molecular flexibility index (Phi) is 3.64. The van der Waals surface area contributed by atoms with E-state index in [4.69, 9.17) is 0 Å². The van der Waals surface area contributed by atoms with Crippen LogP contribution in [-0.4, -0.2) is 16.5 Å². The van der Waals surface area contributed by atoms with Crippen molar-refractivity contribution in [3.63, 3.8) is 0 Å². The Hall–Kier alpha value is -0.630. The predicted molar refractivity (Wildman–Crippen MR) is 96.5 cm³/mol. The second kappa shape index (κ2) is 5.19. The summed E-state index contributed by atoms with van der Waals surface area (Å²) in [5.41, 5.74) is 1.23. The van der Waals surface area contributed by atoms with Crippen LogP contribution in [0.5, 0.6) is 0 Å². The van der Waals surface area contributed by atoms with Gasteiger partial charge >= 0.3 is 0 Å². The highest BCUT2D eigenvalue weighted by atomic mass is 16.3. The van der Waals surface area contributed by atoms with Gasteiger partial charge in [-0.3, -0.25) is 4.79 Å². The summed E-state index contributed by atoms with van der Waals surface area (Å²) in [7, 11) is 0. The summed E-state index contributed by atoms with van der Waals surface area (Å²) in [5, 5.41) is 10.6. The number of hydrogen-bond acceptors (Lipinski definition) is 2. The highest BCUT2D eigenvalue weighted by Gasteiger charge is 2.59. The molecule has 4 aliphatic carbocycles. The van der Waals surface area contributed by atoms with E-state index in [0.29, 0.717) is 23.0 Å². The highest BCUT2D eigenvalue weighted by molar-refractivity contribution is 5.95. The molecule has 0 bridgehead atoms. The van der Waals surface area contributed by atoms with Gasteiger partial charge in [0.2, 0.25) is 0 Å². The number of carbonyl (C=O) groups is 1. The van der Waals surface area contributed by atoms with E-state index < -0.39 is 5.60 Å². The first kappa shape index (κ1) is 16.8. The molecule has 134 valence electrons. The highest BCUT2D eigenvalue weighted by Crippen LogP contribution is 2.66. The molecule has 0 aromatic carbocycles. The molecule has 0 aliphatic heterocycles. The SMILES string of the molecule is CC(=O)C1=CC[C@H]2[C@@H]3CC[C@H]4C[C@](C)(O)CC[C@]4(C)[C@H]3CC[C@]12C. The number of carbonyl (C=O) groups excluding carboxylic acids is 1. The normalized spacial score (nSPS) is 53.6. The predicted octanol–water partition coefficient (Wildman–Crippen LogP) is 4.91. The Morgan fingerprint density at radius 3 is 2.54 bits per heavy atom. The van der Waals surface area contributed by atoms with Crippen LogP contribution in [0.25, 0.3) is 0 Å². The van der Waals surface area contributed by atoms with E-state index in [1.54, 1.807) is 6.92 Å². The Labute approximate surface area is 147 Å². The van der Waals surface area contributed by atoms with Crippen LogP contribution in [0.1, 0.15) is 79.1 Å². The van der Waals surface area contributed by atoms with Gasteiger partial charge in [0, 0.05) is 0 Å². The maximum Gasteiger partial charge on any atom is 0.156 e. The molecule has 0 aromatic rings. The van der Waals surface area contributed by atoms with Crippen molar-refractivity contribution in [3.8, 4) is 0 Å². The minimum Gasteiger partial charge on any atom is -0.390 e. The summed E-state index contributed by atoms with van der Waals surface area (Å²) >= 11 is 0. The third-order valence-corrected chi connectivity index (χ3v) is 8.91. The van der Waals surface area contributed by atoms with E-state index in [9.17, 15) is 9.90 Å². The molecule has 0 saturated heterocycles. The van der Waals surface area contributed by atoms with Crippen molar-refractivity contribution < 1.29 is 9.90 Å². The van der Waals surface area contributed by atoms with E-state index >= 15 is 0 Å². The summed E-state index contributed by atoms with van der Waals surface area (Å²) in [6, 6.07) is 0. The molecule has 0 aromatic heterocycles. The molecular weight excluding hydrogens is 296 g/mol. The van der Waals surface area contributed by atoms with Crippen LogP contribution in [0.3, 0.4) is 0 Å². The number of hydrogen-bond donors (Lipinski definition) is 1. The maximum atomic E-state index is 12.1. The quantitative estimate of drug-likeness (QED) is 0.742. The van der Waals surface area contributed by atoms with Crippen molar-refractivity contribution in [2.75, 3.05) is 0 Å². The van der Waals surface area contributed by atoms with Crippen LogP contribution in [0.15, 0.2) is 11.6 Å². The van der Waals surface area contributed by atoms with E-state index in [0.717, 1.165) is 36.7 Å². The number of ketones is 1. The molecule has 0 amide bonds. The topological polar surface area (TPSA) is 37.3 Å². The standard InChI is InChI=1S/C22H34O2/c1-14(23)17-7-8-18-16-6-5-15-13-20(2,24)11-12-21(15,3)19(16)9-10-22(17,18)4/h7,15-16,18-19,24H,5-6,8-13H2,1-4H3/t15-,16-,18-,19-,20+,21-,22+/m0/s1. The first-order chi connectivity index (χ1) is 11.2. The molecule has 4 rings (SSSR count). The number of aliphatic hydroxyl groups is 1. The third-order valence-electron chi connectivity index (χ3n) is 8.91. The summed E-state index contributed by atoms with van der Waals surface area (Å²) < 4.78 is 0. The maximum absolute atomic E-state index is 12.1. The van der Waals surface area contributed by atoms with E-state index in [1.807, 2.05) is 6.92 Å². The molecule has 3 saturated carbocycles. The molecule has 3 fully saturated rings. The van der Waals surface area contributed by atoms with Gasteiger partial charge in [0.05, 0.1) is 5.60 Å². The van der Waals surface area contributed by atoms with E-state index in [1.165, 1.54) is 32.1 Å². The molecule has 7 atom stereocenters. The molecule has 2 nitrogen and oxygen atoms in total. The molecule has 0 heterocycles. The lowest BCUT2D eigenvalue weighted by Crippen LogP contribution is -2.55. The van der Waals surface area contributed by atoms with Crippen molar-refractivity contribution in [1.29, 1.82) is 0 Å². The van der Waals surface area contributed by atoms with Gasteiger partial charge in [0.25, 0.3) is 0 Å². The zero-order valence-corrected chi connectivity index (χ0v) is 15.9. The minimum atomic E-state index is -0.448. The first-order valence-corrected chi connectivity index (χ1v) is 10.1. The number of rotatable bonds is 1. The Balaban J connectivity index is 1.62. The van der Waals surface area contributed by atoms with Gasteiger partial charge in [-0.05, 0) is 105 Å². The van der Waals surface area contributed by atoms with Crippen molar-refractivity contribution in [2.24, 2.45) is 34.5 Å². The number of fused-ring (bicyclic) bond motifs is 5. The molecule has 2 heteroatoms. The zero-order chi connectivity index (χ0) is 17.3. The fourth-order valence-electron chi connectivity index (χ4n) is 7.54. The zero-order valence-electron chi connectivity index (χ0n) is 15.9. The first-order valence-electron chi connectivity index (χ1n) is 10.1. The van der Waals surface area contributed by atoms with Gasteiger partial charge in [-0.25, -0.2) is 0 Å². The molecule has 1 N–H and O–H groups in total. The van der Waals surface area contributed by atoms with Crippen molar-refractivity contribution >= 4 is 5.78 Å². The lowest BCUT2D eigenvalue weighted by molar-refractivity contribution is -0.141. The van der Waals surface area contributed by atoms with Crippen LogP contribution >= 0.6 is 0 Å². The van der Waals surface area contributed by atoms with Crippen LogP contribution in [-0.2, 0) is 4.79 Å². The van der Waals surface area contributed by atoms with Gasteiger partial charge in [-0.15, -0.1) is 0 Å². The van der Waals surface area contributed by atoms with Crippen molar-refractivity contribution in [2.45, 2.75) is 84.7 Å². The van der Waals surface area contributed by atoms with Crippen molar-refractivity contribution in [1.82, 2.24) is 0 Å². The molecule has 24 heavy (non-hydrogen) atoms. The smallest absolute Gasteiger partial charge is 0.156 e. The summed E-state index contributed by atoms with van der Waals surface area (Å²) in [5.74, 6) is 3.24. The monoisotopic (exact) mass is 330 g/mol. The second-order valence-corrected chi connectivity index (χ2v) is 10.2. The van der Waals surface area contributed by atoms with Crippen LogP contribution in [0.2, 0.25) is 0 Å². The summed E-state index contributed by atoms with van der Waals surface area (Å²) in [6.45, 7) is 8.69. The molecule has 0 unspecified atom stereocenters. The van der Waals surface area contributed by atoms with Gasteiger partial charge < -0.3 is 5.11 Å². The average Bonchev–Trinajstić information content (AvgIpc) is 2.85. The third kappa shape index (κ3) is 2.21. The van der Waals surface area contributed by atoms with Crippen LogP contribution < -0.4 is 0 Å².